The number of hydrogen-bond acceptors (Lipinski definition) is 4. The van der Waals surface area contributed by atoms with Crippen molar-refractivity contribution in [3.8, 4) is 0 Å². The number of nitrogens with one attached hydrogen (secondary N) is 2. The molecule has 1 fully saturated rings. The molecule has 1 aliphatic rings. The third kappa shape index (κ3) is 5.10. The molecular weight excluding hydrogens is 300 g/mol. The van der Waals surface area contributed by atoms with Gasteiger partial charge in [0.25, 0.3) is 5.91 Å². The van der Waals surface area contributed by atoms with Gasteiger partial charge in [-0.3, -0.25) is 9.59 Å². The number of hydrogen-bond donors (Lipinski definition) is 3. The maximum atomic E-state index is 12.3. The minimum Gasteiger partial charge on any atom is -0.394 e. The van der Waals surface area contributed by atoms with Crippen LogP contribution < -0.4 is 10.6 Å². The molecule has 2 amide bonds. The fraction of sp³-hybridized carbons (Fsp3) is 0.625. The molecule has 2 rings (SSSR count). The van der Waals surface area contributed by atoms with Crippen LogP contribution in [0.15, 0.2) is 17.5 Å². The average molecular weight is 324 g/mol. The van der Waals surface area contributed by atoms with E-state index in [2.05, 4.69) is 10.6 Å². The van der Waals surface area contributed by atoms with Crippen LogP contribution in [0.5, 0.6) is 0 Å². The summed E-state index contributed by atoms with van der Waals surface area (Å²) in [4.78, 5) is 24.8. The van der Waals surface area contributed by atoms with Gasteiger partial charge in [0.15, 0.2) is 0 Å². The normalized spacial score (nSPS) is 18.0. The van der Waals surface area contributed by atoms with Crippen LogP contribution >= 0.6 is 11.3 Å². The van der Waals surface area contributed by atoms with E-state index in [1.807, 2.05) is 0 Å². The molecule has 5 nitrogen and oxygen atoms in total. The molecule has 3 N–H and O–H groups in total. The van der Waals surface area contributed by atoms with E-state index in [4.69, 9.17) is 0 Å². The summed E-state index contributed by atoms with van der Waals surface area (Å²) in [6, 6.07) is 2.74. The molecule has 1 saturated carbocycles. The number of carbonyl (C=O) groups excluding carboxylic acids is 2. The summed E-state index contributed by atoms with van der Waals surface area (Å²) in [5.74, 6) is -0.611. The van der Waals surface area contributed by atoms with E-state index >= 15 is 0 Å². The summed E-state index contributed by atoms with van der Waals surface area (Å²) in [7, 11) is 0. The van der Waals surface area contributed by atoms with Gasteiger partial charge in [-0.2, -0.15) is 0 Å². The monoisotopic (exact) mass is 324 g/mol. The van der Waals surface area contributed by atoms with Crippen LogP contribution in [0.2, 0.25) is 0 Å². The lowest BCUT2D eigenvalue weighted by Gasteiger charge is -2.24. The van der Waals surface area contributed by atoms with Gasteiger partial charge in [0.2, 0.25) is 5.91 Å². The Hall–Kier alpha value is -1.40. The third-order valence-electron chi connectivity index (χ3n) is 4.00. The molecule has 1 heterocycles. The van der Waals surface area contributed by atoms with Crippen molar-refractivity contribution in [2.45, 2.75) is 57.0 Å². The molecule has 1 aromatic rings. The summed E-state index contributed by atoms with van der Waals surface area (Å²) < 4.78 is 0. The van der Waals surface area contributed by atoms with Crippen LogP contribution in [-0.2, 0) is 4.79 Å². The Morgan fingerprint density at radius 3 is 2.50 bits per heavy atom. The van der Waals surface area contributed by atoms with E-state index in [1.165, 1.54) is 30.6 Å². The molecule has 0 spiro atoms. The first-order valence-electron chi connectivity index (χ1n) is 7.96. The Morgan fingerprint density at radius 1 is 1.23 bits per heavy atom. The van der Waals surface area contributed by atoms with E-state index in [0.717, 1.165) is 25.7 Å². The summed E-state index contributed by atoms with van der Waals surface area (Å²) in [5.41, 5.74) is 0. The van der Waals surface area contributed by atoms with Crippen LogP contribution in [0.1, 0.15) is 54.6 Å². The SMILES string of the molecule is O=C(N[C@@H](CO)C(=O)NC1CCCCCCC1)c1cccs1. The van der Waals surface area contributed by atoms with Crippen molar-refractivity contribution in [3.63, 3.8) is 0 Å². The molecule has 1 atom stereocenters. The predicted molar refractivity (Wildman–Crippen MR) is 86.9 cm³/mol. The van der Waals surface area contributed by atoms with E-state index < -0.39 is 12.6 Å². The van der Waals surface area contributed by atoms with E-state index in [1.54, 1.807) is 17.5 Å². The molecule has 0 unspecified atom stereocenters. The fourth-order valence-electron chi connectivity index (χ4n) is 2.73. The van der Waals surface area contributed by atoms with Gasteiger partial charge in [-0.1, -0.05) is 38.2 Å². The Morgan fingerprint density at radius 2 is 1.91 bits per heavy atom. The molecule has 122 valence electrons. The molecule has 0 radical (unpaired) electrons. The van der Waals surface area contributed by atoms with Gasteiger partial charge in [0.05, 0.1) is 11.5 Å². The van der Waals surface area contributed by atoms with Crippen molar-refractivity contribution < 1.29 is 14.7 Å². The van der Waals surface area contributed by atoms with Crippen LogP contribution in [0.25, 0.3) is 0 Å². The summed E-state index contributed by atoms with van der Waals surface area (Å²) in [6.07, 6.45) is 7.89. The number of aliphatic hydroxyl groups excluding tert-OH is 1. The van der Waals surface area contributed by atoms with Gasteiger partial charge >= 0.3 is 0 Å². The van der Waals surface area contributed by atoms with Crippen molar-refractivity contribution in [2.75, 3.05) is 6.61 Å². The van der Waals surface area contributed by atoms with E-state index in [9.17, 15) is 14.7 Å². The van der Waals surface area contributed by atoms with Gasteiger partial charge in [-0.15, -0.1) is 11.3 Å². The van der Waals surface area contributed by atoms with Crippen molar-refractivity contribution in [1.82, 2.24) is 10.6 Å². The number of amides is 2. The second kappa shape index (κ2) is 8.90. The lowest BCUT2D eigenvalue weighted by atomic mass is 9.96. The van der Waals surface area contributed by atoms with Crippen molar-refractivity contribution in [2.24, 2.45) is 0 Å². The molecule has 0 aromatic carbocycles. The smallest absolute Gasteiger partial charge is 0.262 e. The number of thiophene rings is 1. The largest absolute Gasteiger partial charge is 0.394 e. The highest BCUT2D eigenvalue weighted by atomic mass is 32.1. The van der Waals surface area contributed by atoms with Crippen molar-refractivity contribution in [3.05, 3.63) is 22.4 Å². The Labute approximate surface area is 135 Å². The first-order valence-corrected chi connectivity index (χ1v) is 8.84. The zero-order chi connectivity index (χ0) is 15.8. The summed E-state index contributed by atoms with van der Waals surface area (Å²) in [5, 5.41) is 16.8. The van der Waals surface area contributed by atoms with Gasteiger partial charge in [-0.25, -0.2) is 0 Å². The van der Waals surface area contributed by atoms with Crippen LogP contribution in [0, 0.1) is 0 Å². The van der Waals surface area contributed by atoms with Gasteiger partial charge in [0, 0.05) is 6.04 Å². The molecule has 1 aliphatic carbocycles. The minimum atomic E-state index is -0.889. The molecule has 0 bridgehead atoms. The first-order chi connectivity index (χ1) is 10.7. The highest BCUT2D eigenvalue weighted by Gasteiger charge is 2.23. The van der Waals surface area contributed by atoms with Gasteiger partial charge in [0.1, 0.15) is 6.04 Å². The summed E-state index contributed by atoms with van der Waals surface area (Å²) >= 11 is 1.31. The van der Waals surface area contributed by atoms with Gasteiger partial charge in [-0.05, 0) is 24.3 Å². The molecule has 22 heavy (non-hydrogen) atoms. The summed E-state index contributed by atoms with van der Waals surface area (Å²) in [6.45, 7) is -0.393. The Kier molecular flexibility index (Phi) is 6.86. The van der Waals surface area contributed by atoms with Crippen LogP contribution in [0.4, 0.5) is 0 Å². The fourth-order valence-corrected chi connectivity index (χ4v) is 3.36. The number of rotatable bonds is 5. The Balaban J connectivity index is 1.86. The van der Waals surface area contributed by atoms with Crippen molar-refractivity contribution in [1.29, 1.82) is 0 Å². The van der Waals surface area contributed by atoms with E-state index in [0.29, 0.717) is 4.88 Å². The topological polar surface area (TPSA) is 78.4 Å². The maximum Gasteiger partial charge on any atom is 0.262 e. The maximum absolute atomic E-state index is 12.3. The molecular formula is C16H24N2O3S. The quantitative estimate of drug-likeness (QED) is 0.776. The van der Waals surface area contributed by atoms with Gasteiger partial charge < -0.3 is 15.7 Å². The second-order valence-corrected chi connectivity index (χ2v) is 6.68. The zero-order valence-electron chi connectivity index (χ0n) is 12.7. The molecule has 6 heteroatoms. The predicted octanol–water partition coefficient (Wildman–Crippen LogP) is 2.07. The Bertz CT molecular complexity index is 468. The second-order valence-electron chi connectivity index (χ2n) is 5.74. The highest BCUT2D eigenvalue weighted by Crippen LogP contribution is 2.17. The molecule has 0 aliphatic heterocycles. The lowest BCUT2D eigenvalue weighted by molar-refractivity contribution is -0.124. The molecule has 0 saturated heterocycles. The van der Waals surface area contributed by atoms with Crippen LogP contribution in [-0.4, -0.2) is 35.6 Å². The number of aliphatic hydroxyl groups is 1. The standard InChI is InChI=1S/C16H24N2O3S/c19-11-13(18-16(21)14-9-6-10-22-14)15(20)17-12-7-4-2-1-3-5-8-12/h6,9-10,12-13,19H,1-5,7-8,11H2,(H,17,20)(H,18,21)/t13-/m0/s1. The minimum absolute atomic E-state index is 0.153. The van der Waals surface area contributed by atoms with Crippen LogP contribution in [0.3, 0.4) is 0 Å². The lowest BCUT2D eigenvalue weighted by Crippen LogP contribution is -2.51. The number of carbonyl (C=O) groups is 2. The zero-order valence-corrected chi connectivity index (χ0v) is 13.5. The van der Waals surface area contributed by atoms with E-state index in [-0.39, 0.29) is 17.9 Å². The molecule has 1 aromatic heterocycles. The van der Waals surface area contributed by atoms with Crippen molar-refractivity contribution >= 4 is 23.2 Å². The highest BCUT2D eigenvalue weighted by molar-refractivity contribution is 7.12. The first kappa shape index (κ1) is 17.0. The third-order valence-corrected chi connectivity index (χ3v) is 4.87. The average Bonchev–Trinajstić information content (AvgIpc) is 3.01.